The van der Waals surface area contributed by atoms with Crippen LogP contribution in [0.3, 0.4) is 0 Å². The highest BCUT2D eigenvalue weighted by Crippen LogP contribution is 2.25. The maximum absolute atomic E-state index is 11.9. The number of carbonyl (C=O) groups is 2. The van der Waals surface area contributed by atoms with Crippen LogP contribution in [0.15, 0.2) is 34.9 Å². The molecular formula is C16H15Cl2NO4. The van der Waals surface area contributed by atoms with Crippen LogP contribution in [0.4, 0.5) is 0 Å². The molecule has 0 unspecified atom stereocenters. The molecule has 1 aromatic heterocycles. The summed E-state index contributed by atoms with van der Waals surface area (Å²) in [4.78, 5) is 23.6. The maximum Gasteiger partial charge on any atom is 0.342 e. The van der Waals surface area contributed by atoms with E-state index in [2.05, 4.69) is 5.32 Å². The lowest BCUT2D eigenvalue weighted by Gasteiger charge is -2.15. The van der Waals surface area contributed by atoms with Gasteiger partial charge in [-0.3, -0.25) is 4.79 Å². The number of amides is 1. The van der Waals surface area contributed by atoms with E-state index in [1.54, 1.807) is 32.0 Å². The van der Waals surface area contributed by atoms with E-state index in [1.807, 2.05) is 0 Å². The molecule has 7 heteroatoms. The van der Waals surface area contributed by atoms with Crippen molar-refractivity contribution in [1.29, 1.82) is 0 Å². The molecule has 1 atom stereocenters. The van der Waals surface area contributed by atoms with Gasteiger partial charge in [0.05, 0.1) is 22.4 Å². The number of hydrogen-bond acceptors (Lipinski definition) is 4. The fourth-order valence-electron chi connectivity index (χ4n) is 1.95. The van der Waals surface area contributed by atoms with Gasteiger partial charge >= 0.3 is 5.97 Å². The number of nitrogens with one attached hydrogen (secondary N) is 1. The van der Waals surface area contributed by atoms with Crippen LogP contribution in [0, 0.1) is 6.92 Å². The Hall–Kier alpha value is -1.98. The molecule has 0 fully saturated rings. The average molecular weight is 356 g/mol. The smallest absolute Gasteiger partial charge is 0.342 e. The third-order valence-electron chi connectivity index (χ3n) is 3.23. The number of rotatable bonds is 5. The normalized spacial score (nSPS) is 11.8. The number of halogens is 2. The molecule has 0 aliphatic carbocycles. The minimum absolute atomic E-state index is 0.299. The number of ether oxygens (including phenoxy) is 1. The summed E-state index contributed by atoms with van der Waals surface area (Å²) in [6.07, 6.45) is 1.39. The fourth-order valence-corrected chi connectivity index (χ4v) is 2.26. The molecule has 122 valence electrons. The number of hydrogen-bond donors (Lipinski definition) is 1. The van der Waals surface area contributed by atoms with Gasteiger partial charge < -0.3 is 14.5 Å². The first-order valence-corrected chi connectivity index (χ1v) is 7.59. The minimum Gasteiger partial charge on any atom is -0.469 e. The second-order valence-corrected chi connectivity index (χ2v) is 5.74. The van der Waals surface area contributed by atoms with Crippen molar-refractivity contribution in [3.8, 4) is 0 Å². The van der Waals surface area contributed by atoms with Crippen molar-refractivity contribution in [2.24, 2.45) is 0 Å². The molecule has 0 spiro atoms. The zero-order valence-electron chi connectivity index (χ0n) is 12.6. The van der Waals surface area contributed by atoms with Crippen LogP contribution in [0.5, 0.6) is 0 Å². The van der Waals surface area contributed by atoms with Gasteiger partial charge in [0.25, 0.3) is 5.91 Å². The zero-order chi connectivity index (χ0) is 17.0. The average Bonchev–Trinajstić information content (AvgIpc) is 2.93. The fraction of sp³-hybridized carbons (Fsp3) is 0.250. The number of aryl methyl sites for hydroxylation is 1. The van der Waals surface area contributed by atoms with E-state index < -0.39 is 11.9 Å². The van der Waals surface area contributed by atoms with E-state index >= 15 is 0 Å². The third kappa shape index (κ3) is 4.50. The Morgan fingerprint density at radius 1 is 1.26 bits per heavy atom. The first-order valence-electron chi connectivity index (χ1n) is 6.84. The predicted octanol–water partition coefficient (Wildman–Crippen LogP) is 3.93. The van der Waals surface area contributed by atoms with Crippen molar-refractivity contribution in [1.82, 2.24) is 5.32 Å². The van der Waals surface area contributed by atoms with Crippen molar-refractivity contribution in [2.45, 2.75) is 19.9 Å². The van der Waals surface area contributed by atoms with Crippen molar-refractivity contribution in [3.63, 3.8) is 0 Å². The summed E-state index contributed by atoms with van der Waals surface area (Å²) < 4.78 is 9.96. The molecule has 1 aromatic carbocycles. The van der Waals surface area contributed by atoms with Crippen LogP contribution in [-0.2, 0) is 9.53 Å². The Morgan fingerprint density at radius 2 is 2.00 bits per heavy atom. The Bertz CT molecular complexity index is 727. The van der Waals surface area contributed by atoms with Gasteiger partial charge in [-0.2, -0.15) is 0 Å². The maximum atomic E-state index is 11.9. The van der Waals surface area contributed by atoms with E-state index in [-0.39, 0.29) is 12.6 Å². The van der Waals surface area contributed by atoms with Crippen molar-refractivity contribution >= 4 is 35.1 Å². The molecule has 0 saturated carbocycles. The lowest BCUT2D eigenvalue weighted by molar-refractivity contribution is -0.124. The highest BCUT2D eigenvalue weighted by atomic mass is 35.5. The first-order chi connectivity index (χ1) is 10.9. The van der Waals surface area contributed by atoms with Gasteiger partial charge in [0.2, 0.25) is 0 Å². The van der Waals surface area contributed by atoms with Crippen LogP contribution < -0.4 is 5.32 Å². The van der Waals surface area contributed by atoms with Crippen molar-refractivity contribution < 1.29 is 18.7 Å². The second kappa shape index (κ2) is 7.53. The van der Waals surface area contributed by atoms with Gasteiger partial charge in [-0.15, -0.1) is 0 Å². The molecule has 1 heterocycles. The lowest BCUT2D eigenvalue weighted by atomic mass is 10.1. The quantitative estimate of drug-likeness (QED) is 0.825. The summed E-state index contributed by atoms with van der Waals surface area (Å²) in [7, 11) is 0. The van der Waals surface area contributed by atoms with Crippen molar-refractivity contribution in [3.05, 3.63) is 57.5 Å². The topological polar surface area (TPSA) is 68.5 Å². The molecular weight excluding hydrogens is 341 g/mol. The van der Waals surface area contributed by atoms with E-state index in [1.165, 1.54) is 12.3 Å². The highest BCUT2D eigenvalue weighted by Gasteiger charge is 2.16. The van der Waals surface area contributed by atoms with Gasteiger partial charge in [0.15, 0.2) is 6.61 Å². The number of furan rings is 1. The molecule has 2 rings (SSSR count). The SMILES string of the molecule is Cc1occc1C(=O)OCC(=O)N[C@H](C)c1ccc(Cl)c(Cl)c1. The molecule has 1 N–H and O–H groups in total. The van der Waals surface area contributed by atoms with Crippen LogP contribution in [0.2, 0.25) is 10.0 Å². The predicted molar refractivity (Wildman–Crippen MR) is 86.7 cm³/mol. The Morgan fingerprint density at radius 3 is 2.61 bits per heavy atom. The third-order valence-corrected chi connectivity index (χ3v) is 3.97. The van der Waals surface area contributed by atoms with Crippen LogP contribution in [0.1, 0.15) is 34.6 Å². The van der Waals surface area contributed by atoms with Crippen molar-refractivity contribution in [2.75, 3.05) is 6.61 Å². The van der Waals surface area contributed by atoms with Gasteiger partial charge in [-0.05, 0) is 37.6 Å². The standard InChI is InChI=1S/C16H15Cl2NO4/c1-9(11-3-4-13(17)14(18)7-11)19-15(20)8-23-16(21)12-5-6-22-10(12)2/h3-7,9H,8H2,1-2H3,(H,19,20)/t9-/m1/s1. The monoisotopic (exact) mass is 355 g/mol. The van der Waals surface area contributed by atoms with E-state index in [9.17, 15) is 9.59 Å². The van der Waals surface area contributed by atoms with E-state index in [0.717, 1.165) is 5.56 Å². The Kier molecular flexibility index (Phi) is 5.69. The molecule has 0 aliphatic heterocycles. The summed E-state index contributed by atoms with van der Waals surface area (Å²) >= 11 is 11.8. The summed E-state index contributed by atoms with van der Waals surface area (Å²) in [5, 5.41) is 3.57. The zero-order valence-corrected chi connectivity index (χ0v) is 14.1. The second-order valence-electron chi connectivity index (χ2n) is 4.93. The largest absolute Gasteiger partial charge is 0.469 e. The number of carbonyl (C=O) groups excluding carboxylic acids is 2. The summed E-state index contributed by atoms with van der Waals surface area (Å²) in [6, 6.07) is 6.29. The van der Waals surface area contributed by atoms with Crippen LogP contribution in [-0.4, -0.2) is 18.5 Å². The first kappa shape index (κ1) is 17.4. The Balaban J connectivity index is 1.88. The summed E-state index contributed by atoms with van der Waals surface area (Å²) in [5.41, 5.74) is 1.10. The van der Waals surface area contributed by atoms with Gasteiger partial charge in [-0.1, -0.05) is 29.3 Å². The molecule has 2 aromatic rings. The van der Waals surface area contributed by atoms with Gasteiger partial charge in [-0.25, -0.2) is 4.79 Å². The summed E-state index contributed by atoms with van der Waals surface area (Å²) in [6.45, 7) is 3.05. The molecule has 0 radical (unpaired) electrons. The lowest BCUT2D eigenvalue weighted by Crippen LogP contribution is -2.31. The minimum atomic E-state index is -0.603. The summed E-state index contributed by atoms with van der Waals surface area (Å²) in [5.74, 6) is -0.578. The van der Waals surface area contributed by atoms with Crippen LogP contribution >= 0.6 is 23.2 Å². The highest BCUT2D eigenvalue weighted by molar-refractivity contribution is 6.42. The van der Waals surface area contributed by atoms with Crippen LogP contribution in [0.25, 0.3) is 0 Å². The van der Waals surface area contributed by atoms with E-state index in [0.29, 0.717) is 21.4 Å². The molecule has 1 amide bonds. The molecule has 23 heavy (non-hydrogen) atoms. The molecule has 5 nitrogen and oxygen atoms in total. The van der Waals surface area contributed by atoms with E-state index in [4.69, 9.17) is 32.4 Å². The Labute approximate surface area is 143 Å². The molecule has 0 saturated heterocycles. The molecule has 0 aliphatic rings. The number of esters is 1. The van der Waals surface area contributed by atoms with Gasteiger partial charge in [0, 0.05) is 0 Å². The number of benzene rings is 1. The molecule has 0 bridgehead atoms. The van der Waals surface area contributed by atoms with Gasteiger partial charge in [0.1, 0.15) is 11.3 Å².